The Bertz CT molecular complexity index is 917. The van der Waals surface area contributed by atoms with E-state index < -0.39 is 10.8 Å². The van der Waals surface area contributed by atoms with Gasteiger partial charge < -0.3 is 9.73 Å². The Morgan fingerprint density at radius 3 is 2.85 bits per heavy atom. The van der Waals surface area contributed by atoms with E-state index in [2.05, 4.69) is 10.3 Å². The first-order valence-electron chi connectivity index (χ1n) is 8.18. The molecule has 0 saturated carbocycles. The molecule has 1 aromatic carbocycles. The van der Waals surface area contributed by atoms with E-state index in [-0.39, 0.29) is 17.4 Å². The van der Waals surface area contributed by atoms with Crippen molar-refractivity contribution in [2.75, 3.05) is 5.75 Å². The van der Waals surface area contributed by atoms with Crippen LogP contribution in [0.25, 0.3) is 11.5 Å². The van der Waals surface area contributed by atoms with E-state index in [1.54, 1.807) is 18.3 Å². The van der Waals surface area contributed by atoms with Gasteiger partial charge in [0.25, 0.3) is 0 Å². The van der Waals surface area contributed by atoms with Crippen molar-refractivity contribution in [2.24, 2.45) is 0 Å². The van der Waals surface area contributed by atoms with Crippen LogP contribution in [-0.4, -0.2) is 20.9 Å². The van der Waals surface area contributed by atoms with Gasteiger partial charge in [-0.2, -0.15) is 0 Å². The minimum atomic E-state index is -1.34. The maximum atomic E-state index is 12.3. The molecule has 0 aliphatic heterocycles. The van der Waals surface area contributed by atoms with Gasteiger partial charge in [0.1, 0.15) is 11.5 Å². The predicted octanol–water partition coefficient (Wildman–Crippen LogP) is 3.59. The summed E-state index contributed by atoms with van der Waals surface area (Å²) in [4.78, 5) is 17.5. The summed E-state index contributed by atoms with van der Waals surface area (Å²) in [5, 5.41) is 4.75. The number of thiophene rings is 1. The molecule has 136 valence electrons. The molecule has 2 heterocycles. The molecule has 3 aromatic rings. The van der Waals surface area contributed by atoms with E-state index in [0.717, 1.165) is 16.0 Å². The van der Waals surface area contributed by atoms with Crippen LogP contribution in [0.2, 0.25) is 0 Å². The van der Waals surface area contributed by atoms with E-state index in [1.807, 2.05) is 48.7 Å². The quantitative estimate of drug-likeness (QED) is 0.671. The Labute approximate surface area is 158 Å². The number of aromatic nitrogens is 1. The molecule has 1 N–H and O–H groups in total. The highest BCUT2D eigenvalue weighted by Gasteiger charge is 2.16. The molecule has 0 fully saturated rings. The molecule has 3 rings (SSSR count). The van der Waals surface area contributed by atoms with Crippen molar-refractivity contribution >= 4 is 28.0 Å². The van der Waals surface area contributed by atoms with Gasteiger partial charge in [-0.1, -0.05) is 23.8 Å². The summed E-state index contributed by atoms with van der Waals surface area (Å²) in [6, 6.07) is 11.8. The van der Waals surface area contributed by atoms with E-state index >= 15 is 0 Å². The van der Waals surface area contributed by atoms with Gasteiger partial charge in [-0.25, -0.2) is 4.98 Å². The van der Waals surface area contributed by atoms with Crippen LogP contribution < -0.4 is 5.32 Å². The minimum absolute atomic E-state index is 0.0442. The molecule has 5 nitrogen and oxygen atoms in total. The number of nitrogens with one attached hydrogen (secondary N) is 1. The second kappa shape index (κ2) is 8.42. The number of carbonyl (C=O) groups excluding carboxylic acids is 1. The summed E-state index contributed by atoms with van der Waals surface area (Å²) in [5.41, 5.74) is 2.63. The topological polar surface area (TPSA) is 72.2 Å². The Morgan fingerprint density at radius 1 is 1.27 bits per heavy atom. The lowest BCUT2D eigenvalue weighted by molar-refractivity contribution is -0.118. The Balaban J connectivity index is 1.58. The molecule has 0 saturated heterocycles. The summed E-state index contributed by atoms with van der Waals surface area (Å²) in [6.45, 7) is 4.27. The highest BCUT2D eigenvalue weighted by Crippen LogP contribution is 2.23. The monoisotopic (exact) mass is 388 g/mol. The lowest BCUT2D eigenvalue weighted by Crippen LogP contribution is -2.28. The summed E-state index contributed by atoms with van der Waals surface area (Å²) in [5.74, 6) is 1.08. The van der Waals surface area contributed by atoms with Crippen molar-refractivity contribution in [3.8, 4) is 11.5 Å². The van der Waals surface area contributed by atoms with Gasteiger partial charge in [0.2, 0.25) is 11.8 Å². The molecule has 0 aliphatic carbocycles. The highest BCUT2D eigenvalue weighted by atomic mass is 32.2. The van der Waals surface area contributed by atoms with Crippen LogP contribution >= 0.6 is 11.3 Å². The number of nitrogens with zero attached hydrogens (tertiary/aromatic N) is 1. The summed E-state index contributed by atoms with van der Waals surface area (Å²) < 4.78 is 18.0. The lowest BCUT2D eigenvalue weighted by Gasteiger charge is -2.03. The number of carbonyl (C=O) groups is 1. The van der Waals surface area contributed by atoms with Gasteiger partial charge in [0.05, 0.1) is 18.0 Å². The standard InChI is InChI=1S/C19H20N2O3S2/c1-13-5-3-6-15(9-13)19-21-17(14(2)24-19)11-26(23)12-18(22)20-10-16-7-4-8-25-16/h3-9H,10-12H2,1-2H3,(H,20,22)/t26-/m1/s1. The van der Waals surface area contributed by atoms with E-state index in [0.29, 0.717) is 23.9 Å². The second-order valence-corrected chi connectivity index (χ2v) is 8.47. The molecular formula is C19H20N2O3S2. The summed E-state index contributed by atoms with van der Waals surface area (Å²) in [7, 11) is -1.34. The van der Waals surface area contributed by atoms with Crippen LogP contribution in [0, 0.1) is 13.8 Å². The first kappa shape index (κ1) is 18.5. The van der Waals surface area contributed by atoms with Crippen molar-refractivity contribution in [3.05, 3.63) is 63.7 Å². The first-order valence-corrected chi connectivity index (χ1v) is 10.6. The average molecular weight is 389 g/mol. The second-order valence-electron chi connectivity index (χ2n) is 5.98. The first-order chi connectivity index (χ1) is 12.5. The van der Waals surface area contributed by atoms with Crippen LogP contribution in [0.4, 0.5) is 0 Å². The summed E-state index contributed by atoms with van der Waals surface area (Å²) in [6.07, 6.45) is 0. The largest absolute Gasteiger partial charge is 0.441 e. The Morgan fingerprint density at radius 2 is 2.12 bits per heavy atom. The number of hydrogen-bond acceptors (Lipinski definition) is 5. The summed E-state index contributed by atoms with van der Waals surface area (Å²) >= 11 is 1.58. The van der Waals surface area contributed by atoms with Gasteiger partial charge in [-0.05, 0) is 37.4 Å². The van der Waals surface area contributed by atoms with Crippen molar-refractivity contribution in [2.45, 2.75) is 26.1 Å². The van der Waals surface area contributed by atoms with Crippen molar-refractivity contribution < 1.29 is 13.4 Å². The average Bonchev–Trinajstić information content (AvgIpc) is 3.23. The molecule has 1 atom stereocenters. The van der Waals surface area contributed by atoms with Gasteiger partial charge in [0.15, 0.2) is 0 Å². The van der Waals surface area contributed by atoms with Crippen LogP contribution in [-0.2, 0) is 27.9 Å². The van der Waals surface area contributed by atoms with Crippen LogP contribution in [0.3, 0.4) is 0 Å². The lowest BCUT2D eigenvalue weighted by atomic mass is 10.1. The van der Waals surface area contributed by atoms with Gasteiger partial charge in [-0.3, -0.25) is 9.00 Å². The fourth-order valence-corrected chi connectivity index (χ4v) is 4.18. The number of amides is 1. The Hall–Kier alpha value is -2.25. The molecule has 0 spiro atoms. The number of oxazole rings is 1. The normalized spacial score (nSPS) is 12.1. The van der Waals surface area contributed by atoms with Crippen LogP contribution in [0.1, 0.15) is 21.9 Å². The van der Waals surface area contributed by atoms with Gasteiger partial charge in [0, 0.05) is 21.2 Å². The molecule has 2 aromatic heterocycles. The van der Waals surface area contributed by atoms with Crippen LogP contribution in [0.5, 0.6) is 0 Å². The van der Waals surface area contributed by atoms with E-state index in [4.69, 9.17) is 4.42 Å². The third-order valence-electron chi connectivity index (χ3n) is 3.79. The van der Waals surface area contributed by atoms with Crippen molar-refractivity contribution in [3.63, 3.8) is 0 Å². The molecule has 7 heteroatoms. The van der Waals surface area contributed by atoms with E-state index in [1.165, 1.54) is 0 Å². The molecule has 1 amide bonds. The third kappa shape index (κ3) is 4.89. The minimum Gasteiger partial charge on any atom is -0.441 e. The smallest absolute Gasteiger partial charge is 0.232 e. The zero-order valence-electron chi connectivity index (χ0n) is 14.7. The number of rotatable bonds is 7. The third-order valence-corrected chi connectivity index (χ3v) is 5.84. The van der Waals surface area contributed by atoms with Gasteiger partial charge in [-0.15, -0.1) is 11.3 Å². The molecule has 0 radical (unpaired) electrons. The van der Waals surface area contributed by atoms with Crippen molar-refractivity contribution in [1.29, 1.82) is 0 Å². The van der Waals surface area contributed by atoms with Crippen LogP contribution in [0.15, 0.2) is 46.2 Å². The Kier molecular flexibility index (Phi) is 6.00. The fraction of sp³-hybridized carbons (Fsp3) is 0.263. The molecule has 0 unspecified atom stereocenters. The molecule has 26 heavy (non-hydrogen) atoms. The molecule has 0 bridgehead atoms. The number of benzene rings is 1. The number of aryl methyl sites for hydroxylation is 2. The zero-order valence-corrected chi connectivity index (χ0v) is 16.3. The zero-order chi connectivity index (χ0) is 18.5. The van der Waals surface area contributed by atoms with Gasteiger partial charge >= 0.3 is 0 Å². The predicted molar refractivity (Wildman–Crippen MR) is 104 cm³/mol. The SMILES string of the molecule is Cc1cccc(-c2nc(C[S@@](=O)CC(=O)NCc3cccs3)c(C)o2)c1. The number of hydrogen-bond donors (Lipinski definition) is 1. The molecule has 0 aliphatic rings. The fourth-order valence-electron chi connectivity index (χ4n) is 2.46. The van der Waals surface area contributed by atoms with Crippen molar-refractivity contribution in [1.82, 2.24) is 10.3 Å². The maximum Gasteiger partial charge on any atom is 0.232 e. The highest BCUT2D eigenvalue weighted by molar-refractivity contribution is 7.84. The van der Waals surface area contributed by atoms with E-state index in [9.17, 15) is 9.00 Å². The molecular weight excluding hydrogens is 368 g/mol. The maximum absolute atomic E-state index is 12.3.